The van der Waals surface area contributed by atoms with Crippen LogP contribution in [-0.4, -0.2) is 22.9 Å². The van der Waals surface area contributed by atoms with Crippen molar-refractivity contribution in [2.24, 2.45) is 0 Å². The first kappa shape index (κ1) is 7.56. The van der Waals surface area contributed by atoms with Gasteiger partial charge in [-0.1, -0.05) is 0 Å². The molecule has 0 radical (unpaired) electrons. The number of aliphatic hydroxyl groups excluding tert-OH is 1. The Morgan fingerprint density at radius 2 is 2.36 bits per heavy atom. The van der Waals surface area contributed by atoms with Crippen LogP contribution >= 0.6 is 0 Å². The quantitative estimate of drug-likeness (QED) is 0.575. The first-order chi connectivity index (χ1) is 5.18. The predicted octanol–water partition coefficient (Wildman–Crippen LogP) is 1.47. The van der Waals surface area contributed by atoms with Crippen LogP contribution in [0.3, 0.4) is 0 Å². The van der Waals surface area contributed by atoms with Crippen LogP contribution in [0, 0.1) is 0 Å². The summed E-state index contributed by atoms with van der Waals surface area (Å²) in [6, 6.07) is 0. The third-order valence-corrected chi connectivity index (χ3v) is 2.89. The molecule has 0 aromatic rings. The van der Waals surface area contributed by atoms with Crippen LogP contribution in [0.4, 0.5) is 0 Å². The van der Waals surface area contributed by atoms with Gasteiger partial charge in [0.05, 0.1) is 17.8 Å². The summed E-state index contributed by atoms with van der Waals surface area (Å²) in [5.74, 6) is 0. The minimum Gasteiger partial charge on any atom is -0.393 e. The lowest BCUT2D eigenvalue weighted by Gasteiger charge is -2.45. The summed E-state index contributed by atoms with van der Waals surface area (Å²) in [6.45, 7) is 2.13. The summed E-state index contributed by atoms with van der Waals surface area (Å²) in [4.78, 5) is 0. The number of rotatable bonds is 0. The van der Waals surface area contributed by atoms with Crippen molar-refractivity contribution in [1.29, 1.82) is 0 Å². The molecule has 2 bridgehead atoms. The Bertz CT molecular complexity index is 154. The topological polar surface area (TPSA) is 29.5 Å². The third kappa shape index (κ3) is 1.42. The number of fused-ring (bicyclic) bond motifs is 2. The van der Waals surface area contributed by atoms with Crippen LogP contribution in [-0.2, 0) is 4.74 Å². The number of ether oxygens (including phenoxy) is 1. The standard InChI is InChI=1S/C9H16O2/c1-9-4-2-3-8(11-9)5-7(10)6-9/h7-8,10H,2-6H2,1H3. The SMILES string of the molecule is CC12CCCC(CC(O)C1)O2. The zero-order valence-electron chi connectivity index (χ0n) is 7.05. The normalized spacial score (nSPS) is 50.7. The van der Waals surface area contributed by atoms with Gasteiger partial charge >= 0.3 is 0 Å². The van der Waals surface area contributed by atoms with Gasteiger partial charge in [-0.05, 0) is 32.6 Å². The number of hydrogen-bond acceptors (Lipinski definition) is 2. The molecule has 0 amide bonds. The number of hydrogen-bond donors (Lipinski definition) is 1. The van der Waals surface area contributed by atoms with E-state index in [0.29, 0.717) is 6.10 Å². The molecule has 2 aliphatic heterocycles. The van der Waals surface area contributed by atoms with Crippen molar-refractivity contribution in [2.75, 3.05) is 0 Å². The number of aliphatic hydroxyl groups is 1. The fourth-order valence-electron chi connectivity index (χ4n) is 2.43. The molecule has 0 aromatic heterocycles. The molecule has 0 spiro atoms. The maximum atomic E-state index is 9.50. The highest BCUT2D eigenvalue weighted by molar-refractivity contribution is 4.90. The summed E-state index contributed by atoms with van der Waals surface area (Å²) in [6.07, 6.45) is 5.47. The molecular weight excluding hydrogens is 140 g/mol. The molecule has 2 rings (SSSR count). The van der Waals surface area contributed by atoms with E-state index in [9.17, 15) is 5.11 Å². The molecule has 1 N–H and O–H groups in total. The van der Waals surface area contributed by atoms with E-state index in [-0.39, 0.29) is 11.7 Å². The highest BCUT2D eigenvalue weighted by atomic mass is 16.5. The predicted molar refractivity (Wildman–Crippen MR) is 42.4 cm³/mol. The molecule has 0 saturated carbocycles. The van der Waals surface area contributed by atoms with Crippen molar-refractivity contribution in [1.82, 2.24) is 0 Å². The van der Waals surface area contributed by atoms with Gasteiger partial charge in [0.2, 0.25) is 0 Å². The van der Waals surface area contributed by atoms with Gasteiger partial charge in [-0.2, -0.15) is 0 Å². The Hall–Kier alpha value is -0.0800. The van der Waals surface area contributed by atoms with Gasteiger partial charge < -0.3 is 9.84 Å². The van der Waals surface area contributed by atoms with Gasteiger partial charge in [0, 0.05) is 6.42 Å². The second-order valence-electron chi connectivity index (χ2n) is 4.18. The van der Waals surface area contributed by atoms with Gasteiger partial charge in [0.15, 0.2) is 0 Å². The maximum Gasteiger partial charge on any atom is 0.0682 e. The monoisotopic (exact) mass is 156 g/mol. The van der Waals surface area contributed by atoms with Crippen LogP contribution in [0.5, 0.6) is 0 Å². The summed E-state index contributed by atoms with van der Waals surface area (Å²) < 4.78 is 5.82. The van der Waals surface area contributed by atoms with E-state index in [2.05, 4.69) is 6.92 Å². The van der Waals surface area contributed by atoms with Crippen molar-refractivity contribution in [2.45, 2.75) is 56.8 Å². The van der Waals surface area contributed by atoms with E-state index in [1.54, 1.807) is 0 Å². The Balaban J connectivity index is 2.09. The average Bonchev–Trinajstić information content (AvgIpc) is 1.82. The Morgan fingerprint density at radius 1 is 1.55 bits per heavy atom. The lowest BCUT2D eigenvalue weighted by molar-refractivity contribution is -0.178. The van der Waals surface area contributed by atoms with Gasteiger partial charge in [-0.25, -0.2) is 0 Å². The van der Waals surface area contributed by atoms with Gasteiger partial charge in [0.1, 0.15) is 0 Å². The van der Waals surface area contributed by atoms with Gasteiger partial charge in [-0.15, -0.1) is 0 Å². The molecule has 64 valence electrons. The lowest BCUT2D eigenvalue weighted by atomic mass is 9.81. The summed E-state index contributed by atoms with van der Waals surface area (Å²) >= 11 is 0. The van der Waals surface area contributed by atoms with Crippen LogP contribution < -0.4 is 0 Å². The summed E-state index contributed by atoms with van der Waals surface area (Å²) in [5.41, 5.74) is 0.000579. The Kier molecular flexibility index (Phi) is 1.69. The van der Waals surface area contributed by atoms with E-state index in [0.717, 1.165) is 25.7 Å². The van der Waals surface area contributed by atoms with E-state index in [1.165, 1.54) is 6.42 Å². The Labute approximate surface area is 67.6 Å². The second-order valence-corrected chi connectivity index (χ2v) is 4.18. The average molecular weight is 156 g/mol. The fraction of sp³-hybridized carbons (Fsp3) is 1.00. The molecule has 2 nitrogen and oxygen atoms in total. The molecule has 0 aromatic carbocycles. The molecule has 2 aliphatic rings. The van der Waals surface area contributed by atoms with Crippen molar-refractivity contribution < 1.29 is 9.84 Å². The van der Waals surface area contributed by atoms with E-state index in [4.69, 9.17) is 4.74 Å². The van der Waals surface area contributed by atoms with Gasteiger partial charge in [0.25, 0.3) is 0 Å². The smallest absolute Gasteiger partial charge is 0.0682 e. The van der Waals surface area contributed by atoms with Crippen LogP contribution in [0.15, 0.2) is 0 Å². The minimum atomic E-state index is -0.112. The van der Waals surface area contributed by atoms with Crippen molar-refractivity contribution in [3.8, 4) is 0 Å². The van der Waals surface area contributed by atoms with Crippen molar-refractivity contribution in [3.63, 3.8) is 0 Å². The first-order valence-electron chi connectivity index (χ1n) is 4.54. The highest BCUT2D eigenvalue weighted by Crippen LogP contribution is 2.38. The van der Waals surface area contributed by atoms with Gasteiger partial charge in [-0.3, -0.25) is 0 Å². The van der Waals surface area contributed by atoms with Crippen LogP contribution in [0.1, 0.15) is 39.0 Å². The summed E-state index contributed by atoms with van der Waals surface area (Å²) in [7, 11) is 0. The lowest BCUT2D eigenvalue weighted by Crippen LogP contribution is -2.47. The van der Waals surface area contributed by atoms with E-state index < -0.39 is 0 Å². The molecule has 3 unspecified atom stereocenters. The summed E-state index contributed by atoms with van der Waals surface area (Å²) in [5, 5.41) is 9.50. The fourth-order valence-corrected chi connectivity index (χ4v) is 2.43. The zero-order valence-corrected chi connectivity index (χ0v) is 7.05. The van der Waals surface area contributed by atoms with Crippen LogP contribution in [0.25, 0.3) is 0 Å². The Morgan fingerprint density at radius 3 is 3.09 bits per heavy atom. The van der Waals surface area contributed by atoms with Crippen molar-refractivity contribution in [3.05, 3.63) is 0 Å². The van der Waals surface area contributed by atoms with Crippen LogP contribution in [0.2, 0.25) is 0 Å². The third-order valence-electron chi connectivity index (χ3n) is 2.89. The largest absolute Gasteiger partial charge is 0.393 e. The molecule has 2 heterocycles. The molecule has 2 saturated heterocycles. The molecule has 3 atom stereocenters. The van der Waals surface area contributed by atoms with E-state index >= 15 is 0 Å². The molecular formula is C9H16O2. The maximum absolute atomic E-state index is 9.50. The minimum absolute atomic E-state index is 0.000579. The van der Waals surface area contributed by atoms with E-state index in [1.807, 2.05) is 0 Å². The first-order valence-corrected chi connectivity index (χ1v) is 4.54. The molecule has 2 fully saturated rings. The highest BCUT2D eigenvalue weighted by Gasteiger charge is 2.39. The molecule has 11 heavy (non-hydrogen) atoms. The molecule has 0 aliphatic carbocycles. The van der Waals surface area contributed by atoms with Crippen molar-refractivity contribution >= 4 is 0 Å². The molecule has 2 heteroatoms. The second kappa shape index (κ2) is 2.46. The zero-order chi connectivity index (χ0) is 7.90.